The smallest absolute Gasteiger partial charge is 0.225 e. The van der Waals surface area contributed by atoms with E-state index in [0.29, 0.717) is 18.6 Å². The number of rotatable bonds is 6. The summed E-state index contributed by atoms with van der Waals surface area (Å²) in [5.74, 6) is 1.29. The van der Waals surface area contributed by atoms with Gasteiger partial charge < -0.3 is 15.3 Å². The van der Waals surface area contributed by atoms with E-state index >= 15 is 0 Å². The van der Waals surface area contributed by atoms with E-state index in [1.165, 1.54) is 16.8 Å². The highest BCUT2D eigenvalue weighted by Gasteiger charge is 2.25. The van der Waals surface area contributed by atoms with Crippen LogP contribution in [0.15, 0.2) is 12.4 Å². The lowest BCUT2D eigenvalue weighted by Gasteiger charge is -2.32. The summed E-state index contributed by atoms with van der Waals surface area (Å²) >= 11 is 0. The largest absolute Gasteiger partial charge is 0.396 e. The molecule has 0 spiro atoms. The van der Waals surface area contributed by atoms with E-state index in [9.17, 15) is 5.11 Å². The molecule has 1 unspecified atom stereocenters. The quantitative estimate of drug-likeness (QED) is 0.796. The number of aliphatic hydroxyl groups excluding tert-OH is 1. The summed E-state index contributed by atoms with van der Waals surface area (Å²) in [6.45, 7) is 8.09. The SMILES string of the molecule is CCn1cc(CNC2CCCc3nc(N4CCC(CO)CC4)ncc32)c(C)n1. The van der Waals surface area contributed by atoms with E-state index < -0.39 is 0 Å². The molecule has 7 nitrogen and oxygen atoms in total. The number of hydrogen-bond acceptors (Lipinski definition) is 6. The highest BCUT2D eigenvalue weighted by atomic mass is 16.3. The highest BCUT2D eigenvalue weighted by molar-refractivity contribution is 5.36. The maximum Gasteiger partial charge on any atom is 0.225 e. The molecule has 3 heterocycles. The molecule has 7 heteroatoms. The van der Waals surface area contributed by atoms with E-state index in [-0.39, 0.29) is 0 Å². The lowest BCUT2D eigenvalue weighted by atomic mass is 9.92. The van der Waals surface area contributed by atoms with Crippen LogP contribution in [0.3, 0.4) is 0 Å². The molecular weight excluding hydrogens is 352 g/mol. The average Bonchev–Trinajstić information content (AvgIpc) is 3.11. The molecule has 0 bridgehead atoms. The number of nitrogens with one attached hydrogen (secondary N) is 1. The highest BCUT2D eigenvalue weighted by Crippen LogP contribution is 2.30. The van der Waals surface area contributed by atoms with E-state index in [4.69, 9.17) is 9.97 Å². The third-order valence-corrected chi connectivity index (χ3v) is 6.24. The number of piperidine rings is 1. The summed E-state index contributed by atoms with van der Waals surface area (Å²) in [7, 11) is 0. The van der Waals surface area contributed by atoms with Gasteiger partial charge in [-0.25, -0.2) is 9.97 Å². The third-order valence-electron chi connectivity index (χ3n) is 6.24. The van der Waals surface area contributed by atoms with E-state index in [1.807, 2.05) is 10.9 Å². The van der Waals surface area contributed by atoms with Gasteiger partial charge in [-0.05, 0) is 51.9 Å². The van der Waals surface area contributed by atoms with Crippen molar-refractivity contribution in [3.63, 3.8) is 0 Å². The van der Waals surface area contributed by atoms with Crippen LogP contribution in [0.25, 0.3) is 0 Å². The van der Waals surface area contributed by atoms with Crippen molar-refractivity contribution in [3.05, 3.63) is 34.9 Å². The van der Waals surface area contributed by atoms with E-state index in [0.717, 1.165) is 69.9 Å². The first-order valence-electron chi connectivity index (χ1n) is 10.7. The van der Waals surface area contributed by atoms with Gasteiger partial charge in [0, 0.05) is 62.3 Å². The van der Waals surface area contributed by atoms with Crippen molar-refractivity contribution >= 4 is 5.95 Å². The number of aliphatic hydroxyl groups is 1. The van der Waals surface area contributed by atoms with E-state index in [1.54, 1.807) is 0 Å². The Labute approximate surface area is 167 Å². The number of anilines is 1. The van der Waals surface area contributed by atoms with E-state index in [2.05, 4.69) is 35.4 Å². The Morgan fingerprint density at radius 1 is 1.25 bits per heavy atom. The zero-order valence-corrected chi connectivity index (χ0v) is 17.1. The Bertz CT molecular complexity index is 796. The molecule has 0 aromatic carbocycles. The number of aromatic nitrogens is 4. The zero-order valence-electron chi connectivity index (χ0n) is 17.1. The van der Waals surface area contributed by atoms with Crippen LogP contribution in [-0.4, -0.2) is 44.6 Å². The number of nitrogens with zero attached hydrogens (tertiary/aromatic N) is 5. The molecule has 0 radical (unpaired) electrons. The van der Waals surface area contributed by atoms with Gasteiger partial charge in [0.15, 0.2) is 0 Å². The van der Waals surface area contributed by atoms with Crippen molar-refractivity contribution in [1.29, 1.82) is 0 Å². The Hall–Kier alpha value is -1.99. The van der Waals surface area contributed by atoms with Crippen molar-refractivity contribution in [1.82, 2.24) is 25.1 Å². The zero-order chi connectivity index (χ0) is 19.5. The molecule has 1 aliphatic heterocycles. The Morgan fingerprint density at radius 3 is 2.79 bits per heavy atom. The summed E-state index contributed by atoms with van der Waals surface area (Å²) in [4.78, 5) is 11.9. The van der Waals surface area contributed by atoms with Gasteiger partial charge in [-0.3, -0.25) is 4.68 Å². The summed E-state index contributed by atoms with van der Waals surface area (Å²) in [6, 6.07) is 0.308. The van der Waals surface area contributed by atoms with Crippen LogP contribution in [0, 0.1) is 12.8 Å². The van der Waals surface area contributed by atoms with Gasteiger partial charge in [0.05, 0.1) is 11.4 Å². The molecule has 0 saturated carbocycles. The molecule has 2 aromatic rings. The van der Waals surface area contributed by atoms with Crippen molar-refractivity contribution in [2.75, 3.05) is 24.6 Å². The van der Waals surface area contributed by atoms with Gasteiger partial charge in [0.2, 0.25) is 5.95 Å². The van der Waals surface area contributed by atoms with Gasteiger partial charge >= 0.3 is 0 Å². The number of hydrogen-bond donors (Lipinski definition) is 2. The Kier molecular flexibility index (Phi) is 5.92. The molecule has 1 atom stereocenters. The average molecular weight is 385 g/mol. The minimum absolute atomic E-state index is 0.295. The van der Waals surface area contributed by atoms with Crippen molar-refractivity contribution in [3.8, 4) is 0 Å². The summed E-state index contributed by atoms with van der Waals surface area (Å²) < 4.78 is 2.00. The normalized spacial score (nSPS) is 20.4. The van der Waals surface area contributed by atoms with Gasteiger partial charge in [0.1, 0.15) is 0 Å². The molecule has 152 valence electrons. The van der Waals surface area contributed by atoms with Gasteiger partial charge in [-0.15, -0.1) is 0 Å². The fourth-order valence-electron chi connectivity index (χ4n) is 4.34. The van der Waals surface area contributed by atoms with Crippen molar-refractivity contribution in [2.45, 2.75) is 65.1 Å². The molecule has 1 fully saturated rings. The molecule has 2 N–H and O–H groups in total. The lowest BCUT2D eigenvalue weighted by Crippen LogP contribution is -2.36. The fraction of sp³-hybridized carbons (Fsp3) is 0.667. The molecule has 28 heavy (non-hydrogen) atoms. The second-order valence-electron chi connectivity index (χ2n) is 8.11. The van der Waals surface area contributed by atoms with Crippen molar-refractivity contribution < 1.29 is 5.11 Å². The first kappa shape index (κ1) is 19.3. The minimum Gasteiger partial charge on any atom is -0.396 e. The summed E-state index contributed by atoms with van der Waals surface area (Å²) in [5, 5.41) is 17.6. The predicted molar refractivity (Wildman–Crippen MR) is 109 cm³/mol. The Morgan fingerprint density at radius 2 is 2.07 bits per heavy atom. The first-order valence-corrected chi connectivity index (χ1v) is 10.7. The van der Waals surface area contributed by atoms with Crippen LogP contribution in [0.2, 0.25) is 0 Å². The maximum absolute atomic E-state index is 9.34. The monoisotopic (exact) mass is 384 g/mol. The summed E-state index contributed by atoms with van der Waals surface area (Å²) in [6.07, 6.45) is 9.52. The van der Waals surface area contributed by atoms with Crippen LogP contribution < -0.4 is 10.2 Å². The topological polar surface area (TPSA) is 79.1 Å². The van der Waals surface area contributed by atoms with Gasteiger partial charge in [-0.1, -0.05) is 0 Å². The first-order chi connectivity index (χ1) is 13.7. The standard InChI is InChI=1S/C21H32N6O/c1-3-27-13-17(15(2)25-27)11-22-19-5-4-6-20-18(19)12-23-21(24-20)26-9-7-16(14-28)8-10-26/h12-13,16,19,22,28H,3-11,14H2,1-2H3. The van der Waals surface area contributed by atoms with Crippen molar-refractivity contribution in [2.24, 2.45) is 5.92 Å². The second kappa shape index (κ2) is 8.57. The fourth-order valence-corrected chi connectivity index (χ4v) is 4.34. The third kappa shape index (κ3) is 4.05. The molecule has 2 aliphatic rings. The minimum atomic E-state index is 0.295. The van der Waals surface area contributed by atoms with Gasteiger partial charge in [0.25, 0.3) is 0 Å². The molecule has 1 saturated heterocycles. The molecule has 0 amide bonds. The van der Waals surface area contributed by atoms with Gasteiger partial charge in [-0.2, -0.15) is 5.10 Å². The molecule has 2 aromatic heterocycles. The van der Waals surface area contributed by atoms with Crippen LogP contribution in [-0.2, 0) is 19.5 Å². The maximum atomic E-state index is 9.34. The molecular formula is C21H32N6O. The number of fused-ring (bicyclic) bond motifs is 1. The van der Waals surface area contributed by atoms with Crippen LogP contribution >= 0.6 is 0 Å². The summed E-state index contributed by atoms with van der Waals surface area (Å²) in [5.41, 5.74) is 4.81. The van der Waals surface area contributed by atoms with Crippen LogP contribution in [0.5, 0.6) is 0 Å². The van der Waals surface area contributed by atoms with Crippen LogP contribution in [0.4, 0.5) is 5.95 Å². The molecule has 1 aliphatic carbocycles. The second-order valence-corrected chi connectivity index (χ2v) is 8.11. The predicted octanol–water partition coefficient (Wildman–Crippen LogP) is 2.38. The molecule has 4 rings (SSSR count). The number of aryl methyl sites for hydroxylation is 3. The Balaban J connectivity index is 1.43. The lowest BCUT2D eigenvalue weighted by molar-refractivity contribution is 0.202. The van der Waals surface area contributed by atoms with Crippen LogP contribution in [0.1, 0.15) is 61.2 Å².